The Morgan fingerprint density at radius 1 is 1.12 bits per heavy atom. The summed E-state index contributed by atoms with van der Waals surface area (Å²) in [6.07, 6.45) is -1.52. The Hall–Kier alpha value is -1.85. The van der Waals surface area contributed by atoms with E-state index in [4.69, 9.17) is 0 Å². The zero-order chi connectivity index (χ0) is 11.8. The average molecular weight is 227 g/mol. The standard InChI is InChI=1S/C10H8F3N3/c1-7-2-3-8(10(11,12)13)6-9(7)16-14-4-5-15-16/h2-6H,1H3. The van der Waals surface area contributed by atoms with Crippen LogP contribution in [0.15, 0.2) is 30.6 Å². The lowest BCUT2D eigenvalue weighted by molar-refractivity contribution is -0.137. The van der Waals surface area contributed by atoms with Gasteiger partial charge in [0.25, 0.3) is 0 Å². The van der Waals surface area contributed by atoms with Gasteiger partial charge in [0.05, 0.1) is 23.6 Å². The molecule has 0 saturated heterocycles. The Morgan fingerprint density at radius 2 is 1.75 bits per heavy atom. The zero-order valence-corrected chi connectivity index (χ0v) is 8.36. The lowest BCUT2D eigenvalue weighted by Gasteiger charge is -2.10. The Kier molecular flexibility index (Phi) is 2.41. The van der Waals surface area contributed by atoms with Gasteiger partial charge in [0, 0.05) is 0 Å². The maximum atomic E-state index is 12.5. The van der Waals surface area contributed by atoms with E-state index in [1.54, 1.807) is 6.92 Å². The number of aryl methyl sites for hydroxylation is 1. The van der Waals surface area contributed by atoms with E-state index < -0.39 is 11.7 Å². The van der Waals surface area contributed by atoms with Gasteiger partial charge in [-0.3, -0.25) is 0 Å². The smallest absolute Gasteiger partial charge is 0.166 e. The van der Waals surface area contributed by atoms with Crippen LogP contribution in [0.4, 0.5) is 13.2 Å². The molecule has 0 aliphatic rings. The number of rotatable bonds is 1. The quantitative estimate of drug-likeness (QED) is 0.749. The molecular formula is C10H8F3N3. The van der Waals surface area contributed by atoms with Crippen LogP contribution in [0.5, 0.6) is 0 Å². The van der Waals surface area contributed by atoms with E-state index in [1.807, 2.05) is 0 Å². The third-order valence-electron chi connectivity index (χ3n) is 2.17. The normalized spacial score (nSPS) is 11.8. The highest BCUT2D eigenvalue weighted by Crippen LogP contribution is 2.31. The second kappa shape index (κ2) is 3.62. The highest BCUT2D eigenvalue weighted by atomic mass is 19.4. The Bertz CT molecular complexity index is 489. The van der Waals surface area contributed by atoms with Crippen molar-refractivity contribution in [3.63, 3.8) is 0 Å². The van der Waals surface area contributed by atoms with Crippen LogP contribution in [0.1, 0.15) is 11.1 Å². The SMILES string of the molecule is Cc1ccc(C(F)(F)F)cc1-n1nccn1. The van der Waals surface area contributed by atoms with Crippen molar-refractivity contribution < 1.29 is 13.2 Å². The van der Waals surface area contributed by atoms with Crippen molar-refractivity contribution >= 4 is 0 Å². The van der Waals surface area contributed by atoms with E-state index in [2.05, 4.69) is 10.2 Å². The van der Waals surface area contributed by atoms with Crippen LogP contribution in [-0.2, 0) is 6.18 Å². The molecule has 0 aliphatic carbocycles. The number of aromatic nitrogens is 3. The van der Waals surface area contributed by atoms with Crippen molar-refractivity contribution in [3.8, 4) is 5.69 Å². The van der Waals surface area contributed by atoms with Gasteiger partial charge in [-0.1, -0.05) is 6.07 Å². The molecule has 0 fully saturated rings. The van der Waals surface area contributed by atoms with Crippen molar-refractivity contribution in [2.45, 2.75) is 13.1 Å². The molecule has 0 atom stereocenters. The fraction of sp³-hybridized carbons (Fsp3) is 0.200. The lowest BCUT2D eigenvalue weighted by atomic mass is 10.1. The fourth-order valence-corrected chi connectivity index (χ4v) is 1.34. The molecule has 2 rings (SSSR count). The van der Waals surface area contributed by atoms with Gasteiger partial charge in [-0.2, -0.15) is 28.2 Å². The number of hydrogen-bond acceptors (Lipinski definition) is 2. The van der Waals surface area contributed by atoms with Crippen LogP contribution in [0, 0.1) is 6.92 Å². The lowest BCUT2D eigenvalue weighted by Crippen LogP contribution is -2.08. The second-order valence-corrected chi connectivity index (χ2v) is 3.32. The summed E-state index contributed by atoms with van der Waals surface area (Å²) in [5.41, 5.74) is 0.314. The Morgan fingerprint density at radius 3 is 2.31 bits per heavy atom. The molecule has 0 amide bonds. The molecule has 16 heavy (non-hydrogen) atoms. The maximum Gasteiger partial charge on any atom is 0.416 e. The van der Waals surface area contributed by atoms with E-state index in [0.717, 1.165) is 12.1 Å². The van der Waals surface area contributed by atoms with Crippen molar-refractivity contribution in [1.82, 2.24) is 15.0 Å². The molecule has 1 heterocycles. The molecule has 2 aromatic rings. The Balaban J connectivity index is 2.54. The van der Waals surface area contributed by atoms with Gasteiger partial charge in [-0.05, 0) is 24.6 Å². The molecule has 0 aliphatic heterocycles. The van der Waals surface area contributed by atoms with Crippen molar-refractivity contribution in [2.24, 2.45) is 0 Å². The van der Waals surface area contributed by atoms with Crippen LogP contribution in [0.2, 0.25) is 0 Å². The van der Waals surface area contributed by atoms with Gasteiger partial charge in [0.1, 0.15) is 0 Å². The van der Waals surface area contributed by atoms with Crippen LogP contribution in [0.25, 0.3) is 5.69 Å². The van der Waals surface area contributed by atoms with Crippen LogP contribution in [-0.4, -0.2) is 15.0 Å². The molecule has 0 saturated carbocycles. The van der Waals surface area contributed by atoms with E-state index in [1.165, 1.54) is 23.3 Å². The minimum absolute atomic E-state index is 0.333. The molecule has 6 heteroatoms. The second-order valence-electron chi connectivity index (χ2n) is 3.32. The van der Waals surface area contributed by atoms with E-state index in [0.29, 0.717) is 11.3 Å². The van der Waals surface area contributed by atoms with E-state index >= 15 is 0 Å². The average Bonchev–Trinajstić information content (AvgIpc) is 2.69. The maximum absolute atomic E-state index is 12.5. The predicted molar refractivity (Wildman–Crippen MR) is 51.1 cm³/mol. The molecule has 0 bridgehead atoms. The van der Waals surface area contributed by atoms with Gasteiger partial charge in [0.2, 0.25) is 0 Å². The Labute approximate surface area is 89.5 Å². The van der Waals surface area contributed by atoms with Gasteiger partial charge >= 0.3 is 6.18 Å². The molecule has 0 unspecified atom stereocenters. The molecule has 0 radical (unpaired) electrons. The highest BCUT2D eigenvalue weighted by Gasteiger charge is 2.31. The summed E-state index contributed by atoms with van der Waals surface area (Å²) < 4.78 is 37.5. The first-order valence-corrected chi connectivity index (χ1v) is 4.53. The third-order valence-corrected chi connectivity index (χ3v) is 2.17. The summed E-state index contributed by atoms with van der Waals surface area (Å²) in [6, 6.07) is 3.49. The zero-order valence-electron chi connectivity index (χ0n) is 8.36. The van der Waals surface area contributed by atoms with Crippen molar-refractivity contribution in [3.05, 3.63) is 41.7 Å². The third kappa shape index (κ3) is 1.91. The monoisotopic (exact) mass is 227 g/mol. The molecule has 84 valence electrons. The highest BCUT2D eigenvalue weighted by molar-refractivity contribution is 5.42. The first-order chi connectivity index (χ1) is 7.48. The van der Waals surface area contributed by atoms with Gasteiger partial charge in [0.15, 0.2) is 0 Å². The minimum atomic E-state index is -4.35. The fourth-order valence-electron chi connectivity index (χ4n) is 1.34. The minimum Gasteiger partial charge on any atom is -0.166 e. The largest absolute Gasteiger partial charge is 0.416 e. The molecule has 0 N–H and O–H groups in total. The van der Waals surface area contributed by atoms with Crippen molar-refractivity contribution in [1.29, 1.82) is 0 Å². The van der Waals surface area contributed by atoms with Gasteiger partial charge in [-0.25, -0.2) is 0 Å². The summed E-state index contributed by atoms with van der Waals surface area (Å²) in [7, 11) is 0. The number of benzene rings is 1. The summed E-state index contributed by atoms with van der Waals surface area (Å²) in [5, 5.41) is 7.62. The molecular weight excluding hydrogens is 219 g/mol. The van der Waals surface area contributed by atoms with Crippen molar-refractivity contribution in [2.75, 3.05) is 0 Å². The number of alkyl halides is 3. The summed E-state index contributed by atoms with van der Waals surface area (Å²) >= 11 is 0. The summed E-state index contributed by atoms with van der Waals surface area (Å²) in [4.78, 5) is 1.17. The van der Waals surface area contributed by atoms with E-state index in [-0.39, 0.29) is 0 Å². The molecule has 1 aromatic carbocycles. The van der Waals surface area contributed by atoms with Gasteiger partial charge < -0.3 is 0 Å². The van der Waals surface area contributed by atoms with E-state index in [9.17, 15) is 13.2 Å². The first-order valence-electron chi connectivity index (χ1n) is 4.53. The van der Waals surface area contributed by atoms with Crippen LogP contribution >= 0.6 is 0 Å². The topological polar surface area (TPSA) is 30.7 Å². The number of hydrogen-bond donors (Lipinski definition) is 0. The summed E-state index contributed by atoms with van der Waals surface area (Å²) in [6.45, 7) is 1.71. The molecule has 3 nitrogen and oxygen atoms in total. The number of nitrogens with zero attached hydrogens (tertiary/aromatic N) is 3. The number of halogens is 3. The van der Waals surface area contributed by atoms with Gasteiger partial charge in [-0.15, -0.1) is 0 Å². The predicted octanol–water partition coefficient (Wildman–Crippen LogP) is 2.59. The van der Waals surface area contributed by atoms with Crippen LogP contribution in [0.3, 0.4) is 0 Å². The molecule has 0 spiro atoms. The summed E-state index contributed by atoms with van der Waals surface area (Å²) in [5.74, 6) is 0. The first kappa shape index (κ1) is 10.7. The van der Waals surface area contributed by atoms with Crippen LogP contribution < -0.4 is 0 Å². The molecule has 1 aromatic heterocycles.